The van der Waals surface area contributed by atoms with Gasteiger partial charge in [-0.15, -0.1) is 0 Å². The van der Waals surface area contributed by atoms with Gasteiger partial charge in [-0.25, -0.2) is 4.39 Å². The zero-order valence-corrected chi connectivity index (χ0v) is 10.1. The molecule has 0 heterocycles. The molecule has 0 unspecified atom stereocenters. The summed E-state index contributed by atoms with van der Waals surface area (Å²) in [5.74, 6) is -0.486. The second kappa shape index (κ2) is 5.99. The van der Waals surface area contributed by atoms with E-state index in [4.69, 9.17) is 0 Å². The SMILES string of the molecule is CCC(F)(CC)C(=O)CC(=O)CC(C)C. The van der Waals surface area contributed by atoms with Gasteiger partial charge in [0.25, 0.3) is 0 Å². The van der Waals surface area contributed by atoms with Crippen LogP contribution in [0.5, 0.6) is 0 Å². The summed E-state index contributed by atoms with van der Waals surface area (Å²) >= 11 is 0. The van der Waals surface area contributed by atoms with Crippen molar-refractivity contribution in [2.24, 2.45) is 5.92 Å². The third-order valence-electron chi connectivity index (χ3n) is 2.61. The highest BCUT2D eigenvalue weighted by Gasteiger charge is 2.35. The van der Waals surface area contributed by atoms with Gasteiger partial charge in [0.15, 0.2) is 11.5 Å². The van der Waals surface area contributed by atoms with Crippen molar-refractivity contribution in [3.63, 3.8) is 0 Å². The Morgan fingerprint density at radius 2 is 1.67 bits per heavy atom. The summed E-state index contributed by atoms with van der Waals surface area (Å²) in [5.41, 5.74) is -1.80. The predicted octanol–water partition coefficient (Wildman–Crippen LogP) is 3.09. The van der Waals surface area contributed by atoms with Crippen molar-refractivity contribution in [3.8, 4) is 0 Å². The first-order chi connectivity index (χ1) is 6.85. The molecule has 88 valence electrons. The highest BCUT2D eigenvalue weighted by Crippen LogP contribution is 2.23. The molecule has 0 aromatic rings. The van der Waals surface area contributed by atoms with Crippen molar-refractivity contribution in [2.75, 3.05) is 0 Å². The molecule has 0 radical (unpaired) electrons. The van der Waals surface area contributed by atoms with E-state index in [1.54, 1.807) is 13.8 Å². The minimum Gasteiger partial charge on any atom is -0.299 e. The molecule has 0 aliphatic rings. The van der Waals surface area contributed by atoms with Gasteiger partial charge in [0.05, 0.1) is 6.42 Å². The Bertz CT molecular complexity index is 230. The monoisotopic (exact) mass is 216 g/mol. The standard InChI is InChI=1S/C12H21FO2/c1-5-12(13,6-2)11(15)8-10(14)7-9(3)4/h9H,5-8H2,1-4H3. The van der Waals surface area contributed by atoms with E-state index < -0.39 is 11.5 Å². The van der Waals surface area contributed by atoms with Gasteiger partial charge in [0.2, 0.25) is 0 Å². The molecule has 0 amide bonds. The van der Waals surface area contributed by atoms with Crippen LogP contribution in [0.1, 0.15) is 53.4 Å². The normalized spacial score (nSPS) is 11.9. The first kappa shape index (κ1) is 14.3. The van der Waals surface area contributed by atoms with Crippen LogP contribution in [0.4, 0.5) is 4.39 Å². The molecule has 3 heteroatoms. The van der Waals surface area contributed by atoms with Crippen LogP contribution in [0.2, 0.25) is 0 Å². The lowest BCUT2D eigenvalue weighted by molar-refractivity contribution is -0.135. The molecule has 15 heavy (non-hydrogen) atoms. The van der Waals surface area contributed by atoms with Crippen molar-refractivity contribution >= 4 is 11.6 Å². The minimum absolute atomic E-state index is 0.150. The second-order valence-electron chi connectivity index (χ2n) is 4.41. The molecule has 0 saturated carbocycles. The van der Waals surface area contributed by atoms with Gasteiger partial charge >= 0.3 is 0 Å². The summed E-state index contributed by atoms with van der Waals surface area (Å²) in [4.78, 5) is 22.9. The minimum atomic E-state index is -1.80. The van der Waals surface area contributed by atoms with Gasteiger partial charge in [0.1, 0.15) is 5.78 Å². The topological polar surface area (TPSA) is 34.1 Å². The first-order valence-corrected chi connectivity index (χ1v) is 5.59. The number of halogens is 1. The molecule has 0 rings (SSSR count). The molecule has 0 bridgehead atoms. The van der Waals surface area contributed by atoms with Crippen molar-refractivity contribution in [3.05, 3.63) is 0 Å². The lowest BCUT2D eigenvalue weighted by Gasteiger charge is -2.20. The summed E-state index contributed by atoms with van der Waals surface area (Å²) in [5, 5.41) is 0. The number of ketones is 2. The molecule has 0 atom stereocenters. The zero-order chi connectivity index (χ0) is 12.1. The largest absolute Gasteiger partial charge is 0.299 e. The first-order valence-electron chi connectivity index (χ1n) is 5.59. The van der Waals surface area contributed by atoms with Crippen LogP contribution in [0.25, 0.3) is 0 Å². The molecule has 0 N–H and O–H groups in total. The van der Waals surface area contributed by atoms with Crippen LogP contribution in [-0.4, -0.2) is 17.2 Å². The molecule has 0 aliphatic carbocycles. The molecule has 0 aliphatic heterocycles. The number of hydrogen-bond donors (Lipinski definition) is 0. The van der Waals surface area contributed by atoms with E-state index in [9.17, 15) is 14.0 Å². The van der Waals surface area contributed by atoms with Crippen LogP contribution >= 0.6 is 0 Å². The Hall–Kier alpha value is -0.730. The van der Waals surface area contributed by atoms with Crippen LogP contribution in [0.3, 0.4) is 0 Å². The van der Waals surface area contributed by atoms with Crippen molar-refractivity contribution < 1.29 is 14.0 Å². The van der Waals surface area contributed by atoms with Crippen LogP contribution < -0.4 is 0 Å². The fourth-order valence-corrected chi connectivity index (χ4v) is 1.51. The van der Waals surface area contributed by atoms with Crippen molar-refractivity contribution in [1.82, 2.24) is 0 Å². The quantitative estimate of drug-likeness (QED) is 0.613. The van der Waals surface area contributed by atoms with Crippen LogP contribution in [0.15, 0.2) is 0 Å². The van der Waals surface area contributed by atoms with Crippen LogP contribution in [-0.2, 0) is 9.59 Å². The highest BCUT2D eigenvalue weighted by atomic mass is 19.1. The molecule has 0 fully saturated rings. The smallest absolute Gasteiger partial charge is 0.177 e. The Labute approximate surface area is 91.2 Å². The number of carbonyl (C=O) groups excluding carboxylic acids is 2. The Kier molecular flexibility index (Phi) is 5.69. The van der Waals surface area contributed by atoms with Crippen LogP contribution in [0, 0.1) is 5.92 Å². The van der Waals surface area contributed by atoms with E-state index in [-0.39, 0.29) is 31.0 Å². The van der Waals surface area contributed by atoms with E-state index in [1.165, 1.54) is 0 Å². The molecule has 0 spiro atoms. The van der Waals surface area contributed by atoms with E-state index in [0.717, 1.165) is 0 Å². The van der Waals surface area contributed by atoms with Gasteiger partial charge in [-0.3, -0.25) is 9.59 Å². The number of alkyl halides is 1. The Morgan fingerprint density at radius 1 is 1.20 bits per heavy atom. The summed E-state index contributed by atoms with van der Waals surface area (Å²) < 4.78 is 13.8. The van der Waals surface area contributed by atoms with Gasteiger partial charge < -0.3 is 0 Å². The number of Topliss-reactive ketones (excluding diaryl/α,β-unsaturated/α-hetero) is 2. The highest BCUT2D eigenvalue weighted by molar-refractivity contribution is 6.03. The lowest BCUT2D eigenvalue weighted by atomic mass is 9.90. The van der Waals surface area contributed by atoms with Gasteiger partial charge in [0, 0.05) is 6.42 Å². The molecule has 0 saturated heterocycles. The summed E-state index contributed by atoms with van der Waals surface area (Å²) in [7, 11) is 0. The zero-order valence-electron chi connectivity index (χ0n) is 10.1. The number of carbonyl (C=O) groups is 2. The van der Waals surface area contributed by atoms with E-state index in [2.05, 4.69) is 0 Å². The molecule has 0 aromatic carbocycles. The summed E-state index contributed by atoms with van der Waals surface area (Å²) in [6.45, 7) is 7.08. The fraction of sp³-hybridized carbons (Fsp3) is 0.833. The molecule has 0 aromatic heterocycles. The number of hydrogen-bond acceptors (Lipinski definition) is 2. The van der Waals surface area contributed by atoms with E-state index in [1.807, 2.05) is 13.8 Å². The van der Waals surface area contributed by atoms with Crippen molar-refractivity contribution in [1.29, 1.82) is 0 Å². The predicted molar refractivity (Wildman–Crippen MR) is 58.5 cm³/mol. The third kappa shape index (κ3) is 4.54. The Morgan fingerprint density at radius 3 is 2.00 bits per heavy atom. The summed E-state index contributed by atoms with van der Waals surface area (Å²) in [6.07, 6.45) is 0.403. The van der Waals surface area contributed by atoms with E-state index in [0.29, 0.717) is 6.42 Å². The van der Waals surface area contributed by atoms with Gasteiger partial charge in [-0.05, 0) is 18.8 Å². The third-order valence-corrected chi connectivity index (χ3v) is 2.61. The molecule has 2 nitrogen and oxygen atoms in total. The fourth-order valence-electron chi connectivity index (χ4n) is 1.51. The second-order valence-corrected chi connectivity index (χ2v) is 4.41. The summed E-state index contributed by atoms with van der Waals surface area (Å²) in [6, 6.07) is 0. The average molecular weight is 216 g/mol. The maximum absolute atomic E-state index is 13.8. The Balaban J connectivity index is 4.29. The maximum atomic E-state index is 13.8. The van der Waals surface area contributed by atoms with Gasteiger partial charge in [-0.2, -0.15) is 0 Å². The average Bonchev–Trinajstić information content (AvgIpc) is 2.15. The molecular formula is C12H21FO2. The maximum Gasteiger partial charge on any atom is 0.177 e. The number of rotatable bonds is 7. The van der Waals surface area contributed by atoms with Crippen molar-refractivity contribution in [2.45, 2.75) is 59.0 Å². The van der Waals surface area contributed by atoms with Gasteiger partial charge in [-0.1, -0.05) is 27.7 Å². The lowest BCUT2D eigenvalue weighted by Crippen LogP contribution is -2.34. The van der Waals surface area contributed by atoms with E-state index >= 15 is 0 Å². The molecular weight excluding hydrogens is 195 g/mol.